The van der Waals surface area contributed by atoms with Crippen molar-refractivity contribution in [1.82, 2.24) is 0 Å². The quantitative estimate of drug-likeness (QED) is 0.693. The maximum Gasteiger partial charge on any atom is 0.145 e. The van der Waals surface area contributed by atoms with Gasteiger partial charge in [-0.15, -0.1) is 0 Å². The number of hydrogen-bond donors (Lipinski definition) is 0. The van der Waals surface area contributed by atoms with Gasteiger partial charge in [0.25, 0.3) is 0 Å². The molecule has 3 rings (SSSR count). The Morgan fingerprint density at radius 2 is 1.00 bits per heavy atom. The van der Waals surface area contributed by atoms with E-state index in [1.54, 1.807) is 12.5 Å². The Morgan fingerprint density at radius 1 is 0.611 bits per heavy atom. The second kappa shape index (κ2) is 5.81. The molecule has 2 nitrogen and oxygen atoms in total. The minimum absolute atomic E-state index is 0.612. The van der Waals surface area contributed by atoms with Gasteiger partial charge in [0.15, 0.2) is 0 Å². The lowest BCUT2D eigenvalue weighted by Gasteiger charge is -2.31. The predicted octanol–water partition coefficient (Wildman–Crippen LogP) is 4.88. The molecule has 0 saturated heterocycles. The van der Waals surface area contributed by atoms with E-state index in [2.05, 4.69) is 0 Å². The summed E-state index contributed by atoms with van der Waals surface area (Å²) in [6.45, 7) is 0. The van der Waals surface area contributed by atoms with Crippen LogP contribution >= 0.6 is 0 Å². The Labute approximate surface area is 110 Å². The van der Waals surface area contributed by atoms with E-state index in [9.17, 15) is 0 Å². The standard InChI is InChI=1S/C16H24O2/c1-3-7-13(8-4-1)15-16(18-12-11-17-15)14-9-5-2-6-10-14/h11-14H,1-10H2. The van der Waals surface area contributed by atoms with Crippen LogP contribution in [0.5, 0.6) is 0 Å². The van der Waals surface area contributed by atoms with Crippen molar-refractivity contribution in [2.24, 2.45) is 11.8 Å². The molecule has 100 valence electrons. The predicted molar refractivity (Wildman–Crippen MR) is 71.5 cm³/mol. The molecule has 0 spiro atoms. The summed E-state index contributed by atoms with van der Waals surface area (Å²) in [7, 11) is 0. The van der Waals surface area contributed by atoms with Crippen LogP contribution in [0.15, 0.2) is 24.0 Å². The summed E-state index contributed by atoms with van der Waals surface area (Å²) in [6.07, 6.45) is 16.7. The monoisotopic (exact) mass is 248 g/mol. The van der Waals surface area contributed by atoms with E-state index in [0.29, 0.717) is 11.8 Å². The van der Waals surface area contributed by atoms with Gasteiger partial charge in [-0.2, -0.15) is 0 Å². The van der Waals surface area contributed by atoms with E-state index in [4.69, 9.17) is 9.47 Å². The van der Waals surface area contributed by atoms with Crippen LogP contribution in [0.1, 0.15) is 64.2 Å². The average Bonchev–Trinajstić information content (AvgIpc) is 2.49. The number of rotatable bonds is 2. The van der Waals surface area contributed by atoms with Crippen LogP contribution in [0.2, 0.25) is 0 Å². The maximum atomic E-state index is 5.86. The minimum Gasteiger partial charge on any atom is -0.462 e. The number of hydrogen-bond acceptors (Lipinski definition) is 2. The van der Waals surface area contributed by atoms with Crippen molar-refractivity contribution < 1.29 is 9.47 Å². The zero-order chi connectivity index (χ0) is 12.2. The zero-order valence-electron chi connectivity index (χ0n) is 11.2. The molecule has 0 radical (unpaired) electrons. The molecular formula is C16H24O2. The van der Waals surface area contributed by atoms with Crippen molar-refractivity contribution in [1.29, 1.82) is 0 Å². The van der Waals surface area contributed by atoms with Crippen LogP contribution in [0.3, 0.4) is 0 Å². The maximum absolute atomic E-state index is 5.86. The molecule has 0 unspecified atom stereocenters. The summed E-state index contributed by atoms with van der Waals surface area (Å²) in [5, 5.41) is 0. The molecule has 0 bridgehead atoms. The average molecular weight is 248 g/mol. The molecule has 2 aliphatic carbocycles. The normalized spacial score (nSPS) is 26.9. The van der Waals surface area contributed by atoms with Gasteiger partial charge in [0.1, 0.15) is 24.0 Å². The summed E-state index contributed by atoms with van der Waals surface area (Å²) in [4.78, 5) is 0. The highest BCUT2D eigenvalue weighted by atomic mass is 16.5. The summed E-state index contributed by atoms with van der Waals surface area (Å²) < 4.78 is 11.7. The van der Waals surface area contributed by atoms with Crippen molar-refractivity contribution in [3.63, 3.8) is 0 Å². The van der Waals surface area contributed by atoms with Crippen molar-refractivity contribution in [3.8, 4) is 0 Å². The molecule has 2 heteroatoms. The Kier molecular flexibility index (Phi) is 3.92. The zero-order valence-corrected chi connectivity index (χ0v) is 11.2. The first-order chi connectivity index (χ1) is 8.95. The third-order valence-electron chi connectivity index (χ3n) is 4.64. The highest BCUT2D eigenvalue weighted by Crippen LogP contribution is 2.39. The molecular weight excluding hydrogens is 224 g/mol. The van der Waals surface area contributed by atoms with Crippen LogP contribution in [0.25, 0.3) is 0 Å². The molecule has 0 amide bonds. The molecule has 1 aliphatic heterocycles. The van der Waals surface area contributed by atoms with Crippen molar-refractivity contribution in [2.75, 3.05) is 0 Å². The second-order valence-electron chi connectivity index (χ2n) is 5.91. The summed E-state index contributed by atoms with van der Waals surface area (Å²) in [6, 6.07) is 0. The first-order valence-corrected chi connectivity index (χ1v) is 7.67. The number of allylic oxidation sites excluding steroid dienone is 2. The molecule has 0 atom stereocenters. The second-order valence-corrected chi connectivity index (χ2v) is 5.91. The Hall–Kier alpha value is -0.920. The highest BCUT2D eigenvalue weighted by molar-refractivity contribution is 5.14. The molecule has 0 aromatic rings. The van der Waals surface area contributed by atoms with Gasteiger partial charge < -0.3 is 9.47 Å². The molecule has 18 heavy (non-hydrogen) atoms. The van der Waals surface area contributed by atoms with Gasteiger partial charge in [-0.05, 0) is 25.7 Å². The van der Waals surface area contributed by atoms with Gasteiger partial charge >= 0.3 is 0 Å². The van der Waals surface area contributed by atoms with E-state index >= 15 is 0 Å². The van der Waals surface area contributed by atoms with Crippen LogP contribution in [-0.2, 0) is 9.47 Å². The van der Waals surface area contributed by atoms with Crippen molar-refractivity contribution in [2.45, 2.75) is 64.2 Å². The van der Waals surface area contributed by atoms with Gasteiger partial charge in [0, 0.05) is 11.8 Å². The van der Waals surface area contributed by atoms with Gasteiger partial charge in [-0.1, -0.05) is 38.5 Å². The molecule has 3 aliphatic rings. The SMILES string of the molecule is C1=COC(C2CCCCC2)=C(C2CCCCC2)O1. The minimum atomic E-state index is 0.612. The van der Waals surface area contributed by atoms with E-state index in [1.165, 1.54) is 75.7 Å². The van der Waals surface area contributed by atoms with E-state index in [0.717, 1.165) is 0 Å². The smallest absolute Gasteiger partial charge is 0.145 e. The molecule has 1 heterocycles. The van der Waals surface area contributed by atoms with E-state index in [1.807, 2.05) is 0 Å². The van der Waals surface area contributed by atoms with Crippen molar-refractivity contribution in [3.05, 3.63) is 24.0 Å². The van der Waals surface area contributed by atoms with Gasteiger partial charge in [-0.25, -0.2) is 0 Å². The first kappa shape index (κ1) is 12.1. The Morgan fingerprint density at radius 3 is 1.39 bits per heavy atom. The lowest BCUT2D eigenvalue weighted by atomic mass is 9.82. The summed E-state index contributed by atoms with van der Waals surface area (Å²) >= 11 is 0. The van der Waals surface area contributed by atoms with Crippen LogP contribution in [0, 0.1) is 11.8 Å². The van der Waals surface area contributed by atoms with E-state index < -0.39 is 0 Å². The molecule has 2 fully saturated rings. The van der Waals surface area contributed by atoms with Crippen molar-refractivity contribution >= 4 is 0 Å². The Balaban J connectivity index is 1.78. The first-order valence-electron chi connectivity index (χ1n) is 7.67. The summed E-state index contributed by atoms with van der Waals surface area (Å²) in [5.74, 6) is 3.56. The third-order valence-corrected chi connectivity index (χ3v) is 4.64. The fourth-order valence-corrected chi connectivity index (χ4v) is 3.64. The molecule has 0 aromatic heterocycles. The summed E-state index contributed by atoms with van der Waals surface area (Å²) in [5.41, 5.74) is 0. The van der Waals surface area contributed by atoms with Crippen LogP contribution in [-0.4, -0.2) is 0 Å². The molecule has 0 N–H and O–H groups in total. The van der Waals surface area contributed by atoms with Gasteiger partial charge in [-0.3, -0.25) is 0 Å². The largest absolute Gasteiger partial charge is 0.462 e. The molecule has 2 saturated carbocycles. The lowest BCUT2D eigenvalue weighted by Crippen LogP contribution is -2.20. The van der Waals surface area contributed by atoms with E-state index in [-0.39, 0.29) is 0 Å². The van der Waals surface area contributed by atoms with Gasteiger partial charge in [0.05, 0.1) is 0 Å². The fourth-order valence-electron chi connectivity index (χ4n) is 3.64. The third kappa shape index (κ3) is 2.57. The van der Waals surface area contributed by atoms with Crippen LogP contribution < -0.4 is 0 Å². The topological polar surface area (TPSA) is 18.5 Å². The Bertz CT molecular complexity index is 299. The lowest BCUT2D eigenvalue weighted by molar-refractivity contribution is 0.144. The fraction of sp³-hybridized carbons (Fsp3) is 0.750. The van der Waals surface area contributed by atoms with Gasteiger partial charge in [0.2, 0.25) is 0 Å². The number of ether oxygens (including phenoxy) is 2. The highest BCUT2D eigenvalue weighted by Gasteiger charge is 2.30. The molecule has 0 aromatic carbocycles. The van der Waals surface area contributed by atoms with Crippen LogP contribution in [0.4, 0.5) is 0 Å².